The maximum Gasteiger partial charge on any atom is 2.00 e. The van der Waals surface area contributed by atoms with Crippen LogP contribution in [0.5, 0.6) is 0 Å². The predicted octanol–water partition coefficient (Wildman–Crippen LogP) is 2.92. The zero-order valence-electron chi connectivity index (χ0n) is 26.7. The zero-order valence-corrected chi connectivity index (χ0v) is 28.9. The average molecular weight is 826 g/mol. The van der Waals surface area contributed by atoms with Gasteiger partial charge in [-0.25, -0.2) is 9.97 Å². The summed E-state index contributed by atoms with van der Waals surface area (Å²) < 4.78 is 55.0. The number of hydrogen-bond acceptors (Lipinski definition) is 8. The van der Waals surface area contributed by atoms with E-state index >= 15 is 0 Å². The van der Waals surface area contributed by atoms with Crippen LogP contribution in [0.2, 0.25) is 0 Å². The minimum Gasteiger partial charge on any atom is -0.421 e. The number of hydrogen-bond donors (Lipinski definition) is 4. The van der Waals surface area contributed by atoms with Crippen LogP contribution in [0.15, 0.2) is 108 Å². The van der Waals surface area contributed by atoms with Crippen LogP contribution >= 0.6 is 0 Å². The SMILES string of the molecule is F[B-]1(F)NC(c2ccccn2)=NC(c2ccccn2)=[NH+]1.F[B-]1(F)NC(c2ccccn2)=NC(c2ccccn2)=[NH+]1.[Fe+2].[Fe+2].[N-]=[N+]=[N-].[N-]=[N+]=[N-].[N-]=[N+]=[N-].[N-]=[N+]=[N-]. The summed E-state index contributed by atoms with van der Waals surface area (Å²) in [5, 5.41) is 4.13. The van der Waals surface area contributed by atoms with E-state index in [0.29, 0.717) is 22.8 Å². The third-order valence-corrected chi connectivity index (χ3v) is 5.35. The van der Waals surface area contributed by atoms with E-state index < -0.39 is 13.9 Å². The summed E-state index contributed by atoms with van der Waals surface area (Å²) in [4.78, 5) is 34.5. The molecule has 0 radical (unpaired) electrons. The fourth-order valence-electron chi connectivity index (χ4n) is 3.65. The van der Waals surface area contributed by atoms with E-state index in [9.17, 15) is 17.3 Å². The molecule has 22 nitrogen and oxygen atoms in total. The molecule has 4 aromatic heterocycles. The summed E-state index contributed by atoms with van der Waals surface area (Å²) in [5.41, 5.74) is 55.4. The number of nitrogens with one attached hydrogen (secondary N) is 4. The molecule has 0 saturated carbocycles. The van der Waals surface area contributed by atoms with Gasteiger partial charge in [-0.1, -0.05) is 24.3 Å². The van der Waals surface area contributed by atoms with Gasteiger partial charge < -0.3 is 81.8 Å². The van der Waals surface area contributed by atoms with Crippen molar-refractivity contribution >= 4 is 37.3 Å². The van der Waals surface area contributed by atoms with E-state index in [-0.39, 0.29) is 57.5 Å². The fourth-order valence-corrected chi connectivity index (χ4v) is 3.65. The maximum atomic E-state index is 13.8. The molecule has 30 heteroatoms. The van der Waals surface area contributed by atoms with Gasteiger partial charge in [0.25, 0.3) is 0 Å². The first kappa shape index (κ1) is 49.1. The zero-order chi connectivity index (χ0) is 38.8. The van der Waals surface area contributed by atoms with Gasteiger partial charge in [-0.3, -0.25) is 29.6 Å². The summed E-state index contributed by atoms with van der Waals surface area (Å²) in [6.45, 7) is -8.00. The van der Waals surface area contributed by atoms with Crippen LogP contribution in [0, 0.1) is 0 Å². The summed E-state index contributed by atoms with van der Waals surface area (Å²) in [6.07, 6.45) is 6.08. The van der Waals surface area contributed by atoms with Crippen molar-refractivity contribution in [3.8, 4) is 0 Å². The van der Waals surface area contributed by atoms with Crippen molar-refractivity contribution in [3.05, 3.63) is 184 Å². The largest absolute Gasteiger partial charge is 2.00 e. The third kappa shape index (κ3) is 18.3. The first-order valence-electron chi connectivity index (χ1n) is 13.6. The van der Waals surface area contributed by atoms with Gasteiger partial charge in [0.15, 0.2) is 11.4 Å². The molecule has 54 heavy (non-hydrogen) atoms. The monoisotopic (exact) mass is 826 g/mol. The Morgan fingerprint density at radius 3 is 0.907 bits per heavy atom. The average Bonchev–Trinajstić information content (AvgIpc) is 3.13. The van der Waals surface area contributed by atoms with Crippen molar-refractivity contribution in [3.63, 3.8) is 0 Å². The number of aliphatic imine (C=N–C) groups is 2. The standard InChI is InChI=1S/2C12H10BF2N5.2Fe.4N3/c2*14-13(15)19-11(9-5-1-3-7-16-9)18-12(20-13)10-6-2-4-8-17-10;;;4*1-3-2/h2*1-8,19H,(H,18,20);;;;;;/q;;2*+2;4*-1. The van der Waals surface area contributed by atoms with E-state index in [1.54, 1.807) is 72.8 Å². The Labute approximate surface area is 322 Å². The Bertz CT molecular complexity index is 1820. The summed E-state index contributed by atoms with van der Waals surface area (Å²) >= 11 is 0. The molecule has 6 heterocycles. The van der Waals surface area contributed by atoms with E-state index in [1.807, 2.05) is 0 Å². The van der Waals surface area contributed by atoms with E-state index in [1.165, 1.54) is 44.4 Å². The van der Waals surface area contributed by atoms with Gasteiger partial charge in [-0.2, -0.15) is 0 Å². The van der Waals surface area contributed by atoms with Crippen LogP contribution in [-0.4, -0.2) is 57.2 Å². The molecule has 4 aromatic rings. The van der Waals surface area contributed by atoms with Crippen molar-refractivity contribution < 1.29 is 61.2 Å². The molecule has 0 bridgehead atoms. The summed E-state index contributed by atoms with van der Waals surface area (Å²) in [5.74, 6) is 0.0926. The number of nitrogens with zero attached hydrogens (tertiary/aromatic N) is 18. The molecule has 4 N–H and O–H groups in total. The first-order chi connectivity index (χ1) is 24.9. The molecule has 0 saturated heterocycles. The first-order valence-corrected chi connectivity index (χ1v) is 13.6. The minimum atomic E-state index is -4.00. The van der Waals surface area contributed by atoms with Crippen LogP contribution in [0.4, 0.5) is 17.3 Å². The minimum absolute atomic E-state index is 0. The Kier molecular flexibility index (Phi) is 24.3. The summed E-state index contributed by atoms with van der Waals surface area (Å²) in [7, 11) is 0. The molecule has 0 aromatic carbocycles. The van der Waals surface area contributed by atoms with Crippen molar-refractivity contribution in [1.82, 2.24) is 30.4 Å². The molecule has 0 unspecified atom stereocenters. The molecular weight excluding hydrogens is 806 g/mol. The molecule has 0 amide bonds. The fraction of sp³-hybridized carbons (Fsp3) is 0. The van der Waals surface area contributed by atoms with Crippen molar-refractivity contribution in [2.24, 2.45) is 9.98 Å². The molecule has 2 aliphatic rings. The van der Waals surface area contributed by atoms with Crippen LogP contribution < -0.4 is 20.3 Å². The summed E-state index contributed by atoms with van der Waals surface area (Å²) in [6, 6.07) is 20.1. The van der Waals surface area contributed by atoms with Crippen molar-refractivity contribution in [2.45, 2.75) is 0 Å². The Morgan fingerprint density at radius 1 is 0.444 bits per heavy atom. The molecule has 0 aliphatic carbocycles. The van der Waals surface area contributed by atoms with E-state index in [2.05, 4.69) is 50.2 Å². The maximum absolute atomic E-state index is 13.8. The second-order valence-corrected chi connectivity index (χ2v) is 8.74. The van der Waals surface area contributed by atoms with E-state index in [0.717, 1.165) is 0 Å². The van der Waals surface area contributed by atoms with Gasteiger partial charge in [-0.15, -0.1) is 0 Å². The van der Waals surface area contributed by atoms with Crippen LogP contribution in [-0.2, 0) is 34.1 Å². The molecule has 6 rings (SSSR count). The van der Waals surface area contributed by atoms with E-state index in [4.69, 9.17) is 44.2 Å². The molecular formula is C24H20B2F4Fe2N22. The predicted molar refractivity (Wildman–Crippen MR) is 183 cm³/mol. The van der Waals surface area contributed by atoms with Gasteiger partial charge in [-0.05, 0) is 58.5 Å². The van der Waals surface area contributed by atoms with Gasteiger partial charge in [0.1, 0.15) is 11.4 Å². The number of halogens is 4. The Morgan fingerprint density at radius 2 is 0.685 bits per heavy atom. The second-order valence-electron chi connectivity index (χ2n) is 8.74. The second kappa shape index (κ2) is 26.8. The number of amidine groups is 4. The number of pyridine rings is 4. The Hall–Kier alpha value is -6.99. The molecule has 276 valence electrons. The van der Waals surface area contributed by atoms with Gasteiger partial charge >= 0.3 is 59.7 Å². The molecule has 2 aliphatic heterocycles. The van der Waals surface area contributed by atoms with Gasteiger partial charge in [0.2, 0.25) is 11.7 Å². The van der Waals surface area contributed by atoms with Crippen LogP contribution in [0.25, 0.3) is 63.9 Å². The quantitative estimate of drug-likeness (QED) is 0.0787. The van der Waals surface area contributed by atoms with Crippen LogP contribution in [0.1, 0.15) is 22.8 Å². The van der Waals surface area contributed by atoms with Gasteiger partial charge in [0.05, 0.1) is 0 Å². The number of aromatic nitrogens is 4. The normalized spacial score (nSPS) is 13.1. The number of rotatable bonds is 4. The van der Waals surface area contributed by atoms with Crippen molar-refractivity contribution in [1.29, 1.82) is 0 Å². The Balaban J connectivity index is 0. The molecule has 0 fully saturated rings. The van der Waals surface area contributed by atoms with Crippen molar-refractivity contribution in [2.75, 3.05) is 0 Å². The molecule has 0 atom stereocenters. The smallest absolute Gasteiger partial charge is 0.421 e. The third-order valence-electron chi connectivity index (χ3n) is 5.35. The topological polar surface area (TPSA) is 363 Å². The van der Waals surface area contributed by atoms with Crippen LogP contribution in [0.3, 0.4) is 0 Å². The van der Waals surface area contributed by atoms with Gasteiger partial charge in [0, 0.05) is 24.8 Å². The molecule has 0 spiro atoms.